The van der Waals surface area contributed by atoms with Crippen LogP contribution in [0.25, 0.3) is 33.3 Å². The zero-order valence-corrected chi connectivity index (χ0v) is 22.8. The molecule has 36 heavy (non-hydrogen) atoms. The van der Waals surface area contributed by atoms with Gasteiger partial charge in [-0.3, -0.25) is 0 Å². The van der Waals surface area contributed by atoms with Gasteiger partial charge in [0.15, 0.2) is 12.2 Å². The van der Waals surface area contributed by atoms with Crippen LogP contribution in [0, 0.1) is 17.5 Å². The van der Waals surface area contributed by atoms with Crippen LogP contribution < -0.4 is 0 Å². The van der Waals surface area contributed by atoms with Crippen molar-refractivity contribution in [3.63, 3.8) is 0 Å². The molecule has 0 N–H and O–H groups in total. The van der Waals surface area contributed by atoms with Gasteiger partial charge >= 0.3 is 6.01 Å². The van der Waals surface area contributed by atoms with E-state index in [9.17, 15) is 0 Å². The molecular formula is C30H26IrN4O. The molecule has 1 aliphatic heterocycles. The van der Waals surface area contributed by atoms with Crippen LogP contribution in [0.2, 0.25) is 0 Å². The summed E-state index contributed by atoms with van der Waals surface area (Å²) in [6, 6.07) is 31.3. The molecule has 0 bridgehead atoms. The van der Waals surface area contributed by atoms with Gasteiger partial charge in [-0.15, -0.1) is 42.0 Å². The first kappa shape index (κ1) is 25.4. The van der Waals surface area contributed by atoms with Crippen molar-refractivity contribution < 1.29 is 33.7 Å². The molecule has 3 aromatic heterocycles. The smallest absolute Gasteiger partial charge is 0.493 e. The molecule has 1 radical (unpaired) electrons. The van der Waals surface area contributed by atoms with Gasteiger partial charge in [0.25, 0.3) is 6.20 Å². The summed E-state index contributed by atoms with van der Waals surface area (Å²) >= 11 is 0. The van der Waals surface area contributed by atoms with Gasteiger partial charge in [0, 0.05) is 43.3 Å². The second-order valence-corrected chi connectivity index (χ2v) is 9.48. The molecule has 0 aliphatic carbocycles. The molecule has 0 fully saturated rings. The van der Waals surface area contributed by atoms with E-state index in [-0.39, 0.29) is 25.5 Å². The molecule has 5 aromatic rings. The Morgan fingerprint density at radius 1 is 0.861 bits per heavy atom. The van der Waals surface area contributed by atoms with Crippen LogP contribution in [0.1, 0.15) is 20.8 Å². The molecule has 0 unspecified atom stereocenters. The van der Waals surface area contributed by atoms with Gasteiger partial charge < -0.3 is 9.40 Å². The van der Waals surface area contributed by atoms with Gasteiger partial charge in [-0.1, -0.05) is 47.4 Å². The molecule has 181 valence electrons. The van der Waals surface area contributed by atoms with Crippen molar-refractivity contribution in [1.29, 1.82) is 0 Å². The summed E-state index contributed by atoms with van der Waals surface area (Å²) in [5.74, 6) is 0. The topological polar surface area (TPSA) is 44.9 Å². The molecule has 6 heteroatoms. The third-order valence-electron chi connectivity index (χ3n) is 5.36. The molecule has 6 rings (SSSR count). The van der Waals surface area contributed by atoms with E-state index in [2.05, 4.69) is 53.5 Å². The summed E-state index contributed by atoms with van der Waals surface area (Å²) in [5.41, 5.74) is 4.50. The van der Waals surface area contributed by atoms with E-state index in [0.29, 0.717) is 5.71 Å². The van der Waals surface area contributed by atoms with Crippen molar-refractivity contribution in [3.05, 3.63) is 104 Å². The fourth-order valence-corrected chi connectivity index (χ4v) is 3.89. The Labute approximate surface area is 224 Å². The normalized spacial score (nSPS) is 12.5. The fourth-order valence-electron chi connectivity index (χ4n) is 3.89. The standard InChI is InChI=1S/C19H18N3O.C11H8N.Ir/c1-19(2,3)12-21-10-11-22(13-21)16-8-4-6-14-15-7-5-9-20-18(15)23-17(14)16;1-2-6-10(7-3-1)11-8-4-5-9-12-11;/h4-7,9-11H,12H2,1-3H3;1-6,8-9H;/q+1;-1;. The van der Waals surface area contributed by atoms with Gasteiger partial charge in [-0.2, -0.15) is 12.1 Å². The minimum atomic E-state index is 0. The first-order valence-corrected chi connectivity index (χ1v) is 11.5. The maximum absolute atomic E-state index is 5.96. The Bertz CT molecular complexity index is 1540. The number of furan rings is 1. The van der Waals surface area contributed by atoms with E-state index in [4.69, 9.17) is 4.42 Å². The van der Waals surface area contributed by atoms with E-state index in [1.54, 1.807) is 12.4 Å². The van der Waals surface area contributed by atoms with Gasteiger partial charge in [0.1, 0.15) is 0 Å². The molecule has 4 heterocycles. The Morgan fingerprint density at radius 3 is 2.44 bits per heavy atom. The van der Waals surface area contributed by atoms with Crippen LogP contribution in [-0.2, 0) is 20.1 Å². The second kappa shape index (κ2) is 10.9. The SMILES string of the molecule is CC(C)(C)C[N+]1=C=[N+](c2[c-]ccc3c2oc2ncccc23)C=C1.[Ir].[c-]1ccccc1-c1ccccn1. The second-order valence-electron chi connectivity index (χ2n) is 9.48. The Hall–Kier alpha value is -3.69. The van der Waals surface area contributed by atoms with E-state index >= 15 is 0 Å². The number of rotatable bonds is 3. The third kappa shape index (κ3) is 5.75. The van der Waals surface area contributed by atoms with Crippen LogP contribution in [0.4, 0.5) is 5.69 Å². The first-order chi connectivity index (χ1) is 17.0. The summed E-state index contributed by atoms with van der Waals surface area (Å²) in [7, 11) is 0. The van der Waals surface area contributed by atoms with Crippen molar-refractivity contribution >= 4 is 33.8 Å². The summed E-state index contributed by atoms with van der Waals surface area (Å²) < 4.78 is 9.95. The van der Waals surface area contributed by atoms with Gasteiger partial charge in [-0.05, 0) is 23.9 Å². The Kier molecular flexibility index (Phi) is 7.71. The van der Waals surface area contributed by atoms with Crippen molar-refractivity contribution in [3.8, 4) is 11.3 Å². The molecule has 0 atom stereocenters. The summed E-state index contributed by atoms with van der Waals surface area (Å²) in [4.78, 5) is 8.52. The van der Waals surface area contributed by atoms with Crippen LogP contribution in [0.15, 0.2) is 95.9 Å². The maximum Gasteiger partial charge on any atom is 0.493 e. The van der Waals surface area contributed by atoms with Crippen LogP contribution in [0.3, 0.4) is 0 Å². The predicted molar refractivity (Wildman–Crippen MR) is 138 cm³/mol. The first-order valence-electron chi connectivity index (χ1n) is 11.5. The quantitative estimate of drug-likeness (QED) is 0.162. The fraction of sp³-hybridized carbons (Fsp3) is 0.167. The summed E-state index contributed by atoms with van der Waals surface area (Å²) in [5, 5.41) is 2.07. The number of benzene rings is 2. The average Bonchev–Trinajstić information content (AvgIpc) is 3.49. The molecule has 1 aliphatic rings. The van der Waals surface area contributed by atoms with E-state index in [1.165, 1.54) is 0 Å². The minimum Gasteiger partial charge on any atom is -0.495 e. The summed E-state index contributed by atoms with van der Waals surface area (Å²) in [6.07, 6.45) is 7.54. The molecule has 0 saturated carbocycles. The molecule has 0 spiro atoms. The predicted octanol–water partition coefficient (Wildman–Crippen LogP) is 6.69. The van der Waals surface area contributed by atoms with Crippen LogP contribution >= 0.6 is 0 Å². The molecule has 0 saturated heterocycles. The average molecular weight is 651 g/mol. The number of hydrogen-bond acceptors (Lipinski definition) is 3. The number of pyridine rings is 2. The van der Waals surface area contributed by atoms with Gasteiger partial charge in [-0.25, -0.2) is 4.98 Å². The largest absolute Gasteiger partial charge is 0.495 e. The van der Waals surface area contributed by atoms with E-state index in [1.807, 2.05) is 83.7 Å². The minimum absolute atomic E-state index is 0. The van der Waals surface area contributed by atoms with Crippen molar-refractivity contribution in [2.75, 3.05) is 6.54 Å². The number of aromatic nitrogens is 2. The molecule has 5 nitrogen and oxygen atoms in total. The van der Waals surface area contributed by atoms with E-state index in [0.717, 1.165) is 39.8 Å². The van der Waals surface area contributed by atoms with Crippen molar-refractivity contribution in [1.82, 2.24) is 9.97 Å². The molecular weight excluding hydrogens is 625 g/mol. The zero-order chi connectivity index (χ0) is 24.3. The number of nitrogens with zero attached hydrogens (tertiary/aromatic N) is 4. The number of hydrogen-bond donors (Lipinski definition) is 0. The van der Waals surface area contributed by atoms with Gasteiger partial charge in [0.2, 0.25) is 11.9 Å². The zero-order valence-electron chi connectivity index (χ0n) is 20.4. The molecule has 2 aromatic carbocycles. The van der Waals surface area contributed by atoms with E-state index < -0.39 is 0 Å². The Morgan fingerprint density at radius 2 is 1.69 bits per heavy atom. The molecule has 0 amide bonds. The summed E-state index contributed by atoms with van der Waals surface area (Å²) in [6.45, 7) is 7.53. The van der Waals surface area contributed by atoms with Crippen LogP contribution in [0.5, 0.6) is 0 Å². The third-order valence-corrected chi connectivity index (χ3v) is 5.36. The van der Waals surface area contributed by atoms with Gasteiger partial charge in [0.05, 0.1) is 5.58 Å². The van der Waals surface area contributed by atoms with Crippen molar-refractivity contribution in [2.24, 2.45) is 5.41 Å². The van der Waals surface area contributed by atoms with Crippen molar-refractivity contribution in [2.45, 2.75) is 20.8 Å². The monoisotopic (exact) mass is 651 g/mol. The number of fused-ring (bicyclic) bond motifs is 3. The Balaban J connectivity index is 0.000000198. The maximum atomic E-state index is 5.96. The van der Waals surface area contributed by atoms with Crippen LogP contribution in [-0.4, -0.2) is 31.7 Å².